The average Bonchev–Trinajstić information content (AvgIpc) is 3.36. The number of nitrogens with one attached hydrogen (secondary N) is 1. The van der Waals surface area contributed by atoms with Crippen LogP contribution < -0.4 is 0 Å². The molecule has 2 aromatic carbocycles. The number of aromatic nitrogens is 2. The number of fused-ring (bicyclic) bond motifs is 2. The normalized spacial score (nSPS) is 17.6. The van der Waals surface area contributed by atoms with E-state index < -0.39 is 0 Å². The predicted octanol–water partition coefficient (Wildman–Crippen LogP) is 4.75. The summed E-state index contributed by atoms with van der Waals surface area (Å²) in [6.45, 7) is 0.786. The fourth-order valence-electron chi connectivity index (χ4n) is 3.64. The second-order valence-corrected chi connectivity index (χ2v) is 7.51. The second-order valence-electron chi connectivity index (χ2n) is 6.45. The zero-order valence-corrected chi connectivity index (χ0v) is 14.4. The fourth-order valence-corrected chi connectivity index (χ4v) is 4.76. The molecule has 5 heteroatoms. The first-order valence-corrected chi connectivity index (χ1v) is 9.35. The van der Waals surface area contributed by atoms with Crippen molar-refractivity contribution >= 4 is 38.4 Å². The predicted molar refractivity (Wildman–Crippen MR) is 101 cm³/mol. The van der Waals surface area contributed by atoms with Crippen LogP contribution in [0.2, 0.25) is 0 Å². The summed E-state index contributed by atoms with van der Waals surface area (Å²) in [7, 11) is 0. The number of carbonyl (C=O) groups excluding carboxylic acids is 1. The van der Waals surface area contributed by atoms with Gasteiger partial charge in [0.1, 0.15) is 10.7 Å². The lowest BCUT2D eigenvalue weighted by molar-refractivity contribution is 0.0730. The maximum atomic E-state index is 13.1. The Morgan fingerprint density at radius 1 is 1.16 bits per heavy atom. The topological polar surface area (TPSA) is 49.0 Å². The highest BCUT2D eigenvalue weighted by Crippen LogP contribution is 2.37. The van der Waals surface area contributed by atoms with Gasteiger partial charge >= 0.3 is 0 Å². The van der Waals surface area contributed by atoms with Gasteiger partial charge in [0.25, 0.3) is 5.91 Å². The lowest BCUT2D eigenvalue weighted by Gasteiger charge is -2.22. The number of carbonyl (C=O) groups is 1. The van der Waals surface area contributed by atoms with E-state index in [1.54, 1.807) is 11.3 Å². The highest BCUT2D eigenvalue weighted by molar-refractivity contribution is 7.18. The van der Waals surface area contributed by atoms with Crippen LogP contribution >= 0.6 is 11.3 Å². The van der Waals surface area contributed by atoms with Crippen LogP contribution in [0.1, 0.15) is 34.4 Å². The van der Waals surface area contributed by atoms with E-state index in [-0.39, 0.29) is 11.9 Å². The van der Waals surface area contributed by atoms with Gasteiger partial charge in [0.15, 0.2) is 0 Å². The first kappa shape index (κ1) is 14.7. The minimum absolute atomic E-state index is 0.0676. The Bertz CT molecular complexity index is 1010. The number of likely N-dealkylation sites (tertiary alicyclic amines) is 1. The van der Waals surface area contributed by atoms with Gasteiger partial charge in [-0.2, -0.15) is 0 Å². The number of benzene rings is 2. The number of thiazole rings is 1. The van der Waals surface area contributed by atoms with Crippen molar-refractivity contribution < 1.29 is 4.79 Å². The Kier molecular flexibility index (Phi) is 3.35. The molecule has 1 N–H and O–H groups in total. The van der Waals surface area contributed by atoms with E-state index in [1.165, 1.54) is 4.70 Å². The average molecular weight is 347 g/mol. The largest absolute Gasteiger partial charge is 0.351 e. The highest BCUT2D eigenvalue weighted by atomic mass is 32.1. The van der Waals surface area contributed by atoms with Crippen LogP contribution in [-0.4, -0.2) is 27.3 Å². The van der Waals surface area contributed by atoms with Gasteiger partial charge in [-0.25, -0.2) is 4.98 Å². The third kappa shape index (κ3) is 2.43. The molecule has 0 radical (unpaired) electrons. The van der Waals surface area contributed by atoms with Crippen LogP contribution in [0.25, 0.3) is 21.1 Å². The van der Waals surface area contributed by atoms with E-state index in [2.05, 4.69) is 11.1 Å². The zero-order valence-electron chi connectivity index (χ0n) is 13.6. The Morgan fingerprint density at radius 3 is 2.88 bits per heavy atom. The lowest BCUT2D eigenvalue weighted by Crippen LogP contribution is -2.30. The molecule has 1 aliphatic heterocycles. The molecular weight excluding hydrogens is 330 g/mol. The SMILES string of the molecule is O=C(c1cc2ccccc2[nH]1)N1CCC[C@H]1c1nc2ccccc2s1. The van der Waals surface area contributed by atoms with Gasteiger partial charge in [-0.15, -0.1) is 11.3 Å². The quantitative estimate of drug-likeness (QED) is 0.568. The molecule has 0 spiro atoms. The monoisotopic (exact) mass is 347 g/mol. The highest BCUT2D eigenvalue weighted by Gasteiger charge is 2.33. The molecule has 1 saturated heterocycles. The molecule has 25 heavy (non-hydrogen) atoms. The Hall–Kier alpha value is -2.66. The van der Waals surface area contributed by atoms with Crippen molar-refractivity contribution in [2.75, 3.05) is 6.54 Å². The van der Waals surface area contributed by atoms with E-state index in [0.717, 1.165) is 40.8 Å². The van der Waals surface area contributed by atoms with Gasteiger partial charge in [0, 0.05) is 17.4 Å². The van der Waals surface area contributed by atoms with E-state index in [4.69, 9.17) is 4.98 Å². The van der Waals surface area contributed by atoms with Crippen LogP contribution in [-0.2, 0) is 0 Å². The molecule has 0 aliphatic carbocycles. The third-order valence-corrected chi connectivity index (χ3v) is 6.01. The van der Waals surface area contributed by atoms with Crippen molar-refractivity contribution in [1.29, 1.82) is 0 Å². The minimum Gasteiger partial charge on any atom is -0.351 e. The zero-order chi connectivity index (χ0) is 16.8. The van der Waals surface area contributed by atoms with Crippen molar-refractivity contribution in [3.8, 4) is 0 Å². The molecule has 1 fully saturated rings. The number of H-pyrrole nitrogens is 1. The molecule has 2 aromatic heterocycles. The van der Waals surface area contributed by atoms with E-state index >= 15 is 0 Å². The third-order valence-electron chi connectivity index (χ3n) is 4.87. The lowest BCUT2D eigenvalue weighted by atomic mass is 10.2. The fraction of sp³-hybridized carbons (Fsp3) is 0.200. The van der Waals surface area contributed by atoms with Crippen molar-refractivity contribution in [2.24, 2.45) is 0 Å². The summed E-state index contributed by atoms with van der Waals surface area (Å²) < 4.78 is 1.18. The number of hydrogen-bond donors (Lipinski definition) is 1. The van der Waals surface area contributed by atoms with Crippen molar-refractivity contribution in [3.05, 3.63) is 65.3 Å². The number of para-hydroxylation sites is 2. The number of nitrogens with zero attached hydrogens (tertiary/aromatic N) is 2. The molecule has 0 saturated carbocycles. The number of hydrogen-bond acceptors (Lipinski definition) is 3. The minimum atomic E-state index is 0.0676. The Balaban J connectivity index is 1.50. The molecule has 4 aromatic rings. The van der Waals surface area contributed by atoms with Crippen LogP contribution in [0.15, 0.2) is 54.6 Å². The molecule has 4 nitrogen and oxygen atoms in total. The first-order valence-electron chi connectivity index (χ1n) is 8.54. The van der Waals surface area contributed by atoms with E-state index in [0.29, 0.717) is 5.69 Å². The number of rotatable bonds is 2. The van der Waals surface area contributed by atoms with Gasteiger partial charge in [-0.3, -0.25) is 4.79 Å². The summed E-state index contributed by atoms with van der Waals surface area (Å²) in [5, 5.41) is 2.12. The maximum Gasteiger partial charge on any atom is 0.270 e. The summed E-state index contributed by atoms with van der Waals surface area (Å²) in [6.07, 6.45) is 2.00. The summed E-state index contributed by atoms with van der Waals surface area (Å²) >= 11 is 1.70. The molecule has 3 heterocycles. The van der Waals surface area contributed by atoms with Crippen LogP contribution in [0.4, 0.5) is 0 Å². The first-order chi connectivity index (χ1) is 12.3. The summed E-state index contributed by atoms with van der Waals surface area (Å²) in [6, 6.07) is 18.2. The van der Waals surface area contributed by atoms with Crippen LogP contribution in [0.5, 0.6) is 0 Å². The van der Waals surface area contributed by atoms with Gasteiger partial charge < -0.3 is 9.88 Å². The van der Waals surface area contributed by atoms with Gasteiger partial charge in [-0.05, 0) is 37.1 Å². The van der Waals surface area contributed by atoms with Gasteiger partial charge in [0.05, 0.1) is 16.3 Å². The standard InChI is InChI=1S/C20H17N3OS/c24-20(16-12-13-6-1-2-7-14(13)21-16)23-11-5-9-17(23)19-22-15-8-3-4-10-18(15)25-19/h1-4,6-8,10,12,17,21H,5,9,11H2/t17-/m0/s1. The molecule has 124 valence electrons. The number of aromatic amines is 1. The van der Waals surface area contributed by atoms with Crippen molar-refractivity contribution in [1.82, 2.24) is 14.9 Å². The molecule has 0 unspecified atom stereocenters. The van der Waals surface area contributed by atoms with Gasteiger partial charge in [-0.1, -0.05) is 30.3 Å². The molecule has 1 amide bonds. The van der Waals surface area contributed by atoms with Crippen molar-refractivity contribution in [3.63, 3.8) is 0 Å². The Morgan fingerprint density at radius 2 is 2.00 bits per heavy atom. The van der Waals surface area contributed by atoms with Crippen molar-refractivity contribution in [2.45, 2.75) is 18.9 Å². The van der Waals surface area contributed by atoms with E-state index in [1.807, 2.05) is 53.4 Å². The maximum absolute atomic E-state index is 13.1. The van der Waals surface area contributed by atoms with Gasteiger partial charge in [0.2, 0.25) is 0 Å². The molecule has 1 aliphatic rings. The summed E-state index contributed by atoms with van der Waals surface area (Å²) in [4.78, 5) is 23.1. The number of amides is 1. The molecule has 0 bridgehead atoms. The smallest absolute Gasteiger partial charge is 0.270 e. The second kappa shape index (κ2) is 5.70. The van der Waals surface area contributed by atoms with Crippen LogP contribution in [0.3, 0.4) is 0 Å². The molecule has 5 rings (SSSR count). The van der Waals surface area contributed by atoms with E-state index in [9.17, 15) is 4.79 Å². The van der Waals surface area contributed by atoms with Crippen LogP contribution in [0, 0.1) is 0 Å². The molecular formula is C20H17N3OS. The Labute approximate surface area is 149 Å². The summed E-state index contributed by atoms with van der Waals surface area (Å²) in [5.74, 6) is 0.0676. The summed E-state index contributed by atoms with van der Waals surface area (Å²) in [5.41, 5.74) is 2.68. The molecule has 1 atom stereocenters.